The molecule has 0 bridgehead atoms. The number of halogens is 2. The van der Waals surface area contributed by atoms with Crippen LogP contribution in [0.1, 0.15) is 20.8 Å². The lowest BCUT2D eigenvalue weighted by Gasteiger charge is -2.42. The van der Waals surface area contributed by atoms with Gasteiger partial charge in [0.2, 0.25) is 0 Å². The van der Waals surface area contributed by atoms with Gasteiger partial charge in [-0.15, -0.1) is 0 Å². The fourth-order valence-corrected chi connectivity index (χ4v) is 2.96. The Balaban J connectivity index is 2.24. The zero-order valence-corrected chi connectivity index (χ0v) is 12.6. The number of nitrogens with zero attached hydrogens (tertiary/aromatic N) is 1. The maximum atomic E-state index is 6.28. The van der Waals surface area contributed by atoms with Gasteiger partial charge in [0.15, 0.2) is 0 Å². The summed E-state index contributed by atoms with van der Waals surface area (Å²) >= 11 is 12.6. The van der Waals surface area contributed by atoms with E-state index in [0.29, 0.717) is 6.04 Å². The summed E-state index contributed by atoms with van der Waals surface area (Å²) in [5, 5.41) is 5.04. The molecule has 1 fully saturated rings. The first-order valence-corrected chi connectivity index (χ1v) is 7.07. The Labute approximate surface area is 119 Å². The molecule has 1 atom stereocenters. The summed E-state index contributed by atoms with van der Waals surface area (Å²) in [6.07, 6.45) is 0. The van der Waals surface area contributed by atoms with Gasteiger partial charge in [-0.25, -0.2) is 0 Å². The van der Waals surface area contributed by atoms with Crippen LogP contribution in [-0.4, -0.2) is 25.7 Å². The highest BCUT2D eigenvalue weighted by molar-refractivity contribution is 6.39. The van der Waals surface area contributed by atoms with Gasteiger partial charge in [-0.3, -0.25) is 0 Å². The van der Waals surface area contributed by atoms with Crippen molar-refractivity contribution < 1.29 is 0 Å². The van der Waals surface area contributed by atoms with Crippen LogP contribution in [0.5, 0.6) is 0 Å². The SMILES string of the molecule is CC(C)(C)C1CN(c2c(Cl)cccc2Cl)CCN1. The number of hydrogen-bond donors (Lipinski definition) is 1. The van der Waals surface area contributed by atoms with Gasteiger partial charge in [-0.2, -0.15) is 0 Å². The predicted octanol–water partition coefficient (Wildman–Crippen LogP) is 3.82. The largest absolute Gasteiger partial charge is 0.366 e. The zero-order valence-electron chi connectivity index (χ0n) is 11.1. The average molecular weight is 287 g/mol. The fraction of sp³-hybridized carbons (Fsp3) is 0.571. The Morgan fingerprint density at radius 3 is 2.39 bits per heavy atom. The summed E-state index contributed by atoms with van der Waals surface area (Å²) in [6.45, 7) is 9.60. The second-order valence-electron chi connectivity index (χ2n) is 5.89. The minimum Gasteiger partial charge on any atom is -0.366 e. The van der Waals surface area contributed by atoms with E-state index in [0.717, 1.165) is 35.4 Å². The molecule has 1 heterocycles. The molecule has 1 aliphatic rings. The molecule has 0 amide bonds. The number of benzene rings is 1. The van der Waals surface area contributed by atoms with Gasteiger partial charge in [0.25, 0.3) is 0 Å². The van der Waals surface area contributed by atoms with Crippen molar-refractivity contribution in [2.45, 2.75) is 26.8 Å². The second kappa shape index (κ2) is 5.28. The van der Waals surface area contributed by atoms with Crippen LogP contribution in [-0.2, 0) is 0 Å². The molecule has 100 valence electrons. The molecule has 18 heavy (non-hydrogen) atoms. The van der Waals surface area contributed by atoms with Crippen molar-refractivity contribution in [2.24, 2.45) is 5.41 Å². The maximum Gasteiger partial charge on any atom is 0.0745 e. The number of nitrogens with one attached hydrogen (secondary N) is 1. The van der Waals surface area contributed by atoms with Crippen LogP contribution in [0.4, 0.5) is 5.69 Å². The first-order chi connectivity index (χ1) is 8.39. The molecule has 0 spiro atoms. The summed E-state index contributed by atoms with van der Waals surface area (Å²) in [4.78, 5) is 2.29. The molecular formula is C14H20Cl2N2. The fourth-order valence-electron chi connectivity index (χ4n) is 2.32. The third-order valence-electron chi connectivity index (χ3n) is 3.47. The number of anilines is 1. The van der Waals surface area contributed by atoms with E-state index in [4.69, 9.17) is 23.2 Å². The Bertz CT molecular complexity index is 406. The Morgan fingerprint density at radius 2 is 1.83 bits per heavy atom. The lowest BCUT2D eigenvalue weighted by Crippen LogP contribution is -2.56. The molecule has 1 saturated heterocycles. The topological polar surface area (TPSA) is 15.3 Å². The van der Waals surface area contributed by atoms with Crippen LogP contribution in [0.2, 0.25) is 10.0 Å². The molecule has 4 heteroatoms. The number of hydrogen-bond acceptors (Lipinski definition) is 2. The maximum absolute atomic E-state index is 6.28. The molecule has 1 aromatic carbocycles. The molecule has 1 aromatic rings. The minimum absolute atomic E-state index is 0.229. The van der Waals surface area contributed by atoms with Gasteiger partial charge in [-0.05, 0) is 17.5 Å². The van der Waals surface area contributed by atoms with Crippen LogP contribution < -0.4 is 10.2 Å². The van der Waals surface area contributed by atoms with Crippen LogP contribution in [0.15, 0.2) is 18.2 Å². The molecular weight excluding hydrogens is 267 g/mol. The summed E-state index contributed by atoms with van der Waals surface area (Å²) in [7, 11) is 0. The molecule has 2 rings (SSSR count). The number of piperazine rings is 1. The summed E-state index contributed by atoms with van der Waals surface area (Å²) in [5.41, 5.74) is 1.20. The highest BCUT2D eigenvalue weighted by Crippen LogP contribution is 2.35. The lowest BCUT2D eigenvalue weighted by atomic mass is 9.85. The van der Waals surface area contributed by atoms with E-state index < -0.39 is 0 Å². The molecule has 0 saturated carbocycles. The van der Waals surface area contributed by atoms with Crippen LogP contribution in [0.25, 0.3) is 0 Å². The van der Waals surface area contributed by atoms with Gasteiger partial charge < -0.3 is 10.2 Å². The Hall–Kier alpha value is -0.440. The van der Waals surface area contributed by atoms with E-state index in [-0.39, 0.29) is 5.41 Å². The third-order valence-corrected chi connectivity index (χ3v) is 4.08. The number of para-hydroxylation sites is 1. The smallest absolute Gasteiger partial charge is 0.0745 e. The van der Waals surface area contributed by atoms with Crippen molar-refractivity contribution >= 4 is 28.9 Å². The van der Waals surface area contributed by atoms with Crippen molar-refractivity contribution in [1.82, 2.24) is 5.32 Å². The molecule has 0 aromatic heterocycles. The molecule has 1 unspecified atom stereocenters. The van der Waals surface area contributed by atoms with Crippen LogP contribution in [0.3, 0.4) is 0 Å². The predicted molar refractivity (Wildman–Crippen MR) is 79.9 cm³/mol. The van der Waals surface area contributed by atoms with Gasteiger partial charge in [0, 0.05) is 25.7 Å². The van der Waals surface area contributed by atoms with Crippen LogP contribution >= 0.6 is 23.2 Å². The van der Waals surface area contributed by atoms with Crippen molar-refractivity contribution in [2.75, 3.05) is 24.5 Å². The van der Waals surface area contributed by atoms with Crippen molar-refractivity contribution in [3.05, 3.63) is 28.2 Å². The summed E-state index contributed by atoms with van der Waals surface area (Å²) in [5.74, 6) is 0. The van der Waals surface area contributed by atoms with Gasteiger partial charge in [0.05, 0.1) is 15.7 Å². The minimum atomic E-state index is 0.229. The van der Waals surface area contributed by atoms with E-state index in [9.17, 15) is 0 Å². The van der Waals surface area contributed by atoms with Crippen molar-refractivity contribution in [3.8, 4) is 0 Å². The Kier molecular flexibility index (Phi) is 4.10. The first-order valence-electron chi connectivity index (χ1n) is 6.32. The van der Waals surface area contributed by atoms with E-state index in [1.165, 1.54) is 0 Å². The van der Waals surface area contributed by atoms with Gasteiger partial charge in [0.1, 0.15) is 0 Å². The molecule has 1 N–H and O–H groups in total. The van der Waals surface area contributed by atoms with Gasteiger partial charge in [-0.1, -0.05) is 50.0 Å². The standard InChI is InChI=1S/C14H20Cl2N2/c1-14(2,3)12-9-18(8-7-17-12)13-10(15)5-4-6-11(13)16/h4-6,12,17H,7-9H2,1-3H3. The van der Waals surface area contributed by atoms with E-state index in [2.05, 4.69) is 31.0 Å². The van der Waals surface area contributed by atoms with Crippen molar-refractivity contribution in [1.29, 1.82) is 0 Å². The molecule has 0 radical (unpaired) electrons. The lowest BCUT2D eigenvalue weighted by molar-refractivity contribution is 0.254. The quantitative estimate of drug-likeness (QED) is 0.844. The molecule has 0 aliphatic carbocycles. The van der Waals surface area contributed by atoms with Gasteiger partial charge >= 0.3 is 0 Å². The number of rotatable bonds is 1. The van der Waals surface area contributed by atoms with E-state index in [1.807, 2.05) is 18.2 Å². The average Bonchev–Trinajstić information content (AvgIpc) is 2.28. The highest BCUT2D eigenvalue weighted by atomic mass is 35.5. The highest BCUT2D eigenvalue weighted by Gasteiger charge is 2.30. The Morgan fingerprint density at radius 1 is 1.22 bits per heavy atom. The monoisotopic (exact) mass is 286 g/mol. The molecule has 1 aliphatic heterocycles. The van der Waals surface area contributed by atoms with E-state index in [1.54, 1.807) is 0 Å². The zero-order chi connectivity index (χ0) is 13.3. The molecule has 2 nitrogen and oxygen atoms in total. The second-order valence-corrected chi connectivity index (χ2v) is 6.70. The first kappa shape index (κ1) is 14.0. The van der Waals surface area contributed by atoms with Crippen molar-refractivity contribution in [3.63, 3.8) is 0 Å². The summed E-state index contributed by atoms with van der Waals surface area (Å²) in [6, 6.07) is 6.13. The van der Waals surface area contributed by atoms with E-state index >= 15 is 0 Å². The normalized spacial score (nSPS) is 21.2. The third kappa shape index (κ3) is 2.93. The van der Waals surface area contributed by atoms with Crippen LogP contribution in [0, 0.1) is 5.41 Å². The summed E-state index contributed by atoms with van der Waals surface area (Å²) < 4.78 is 0.